The average molecular weight is 364 g/mol. The van der Waals surface area contributed by atoms with Gasteiger partial charge in [-0.15, -0.1) is 0 Å². The van der Waals surface area contributed by atoms with Crippen molar-refractivity contribution in [3.05, 3.63) is 61.7 Å². The van der Waals surface area contributed by atoms with E-state index in [0.717, 1.165) is 0 Å². The molecular formula is C16H14ClN3O5. The first kappa shape index (κ1) is 18.3. The number of nitro groups is 1. The van der Waals surface area contributed by atoms with Crippen LogP contribution in [0, 0.1) is 21.4 Å². The third-order valence-corrected chi connectivity index (χ3v) is 3.92. The van der Waals surface area contributed by atoms with Crippen LogP contribution in [0.25, 0.3) is 0 Å². The zero-order chi connectivity index (χ0) is 18.7. The minimum absolute atomic E-state index is 0.0368. The molecule has 1 aliphatic rings. The maximum atomic E-state index is 12.4. The van der Waals surface area contributed by atoms with Crippen LogP contribution in [-0.2, 0) is 14.3 Å². The first-order valence-electron chi connectivity index (χ1n) is 7.21. The second-order valence-electron chi connectivity index (χ2n) is 5.08. The maximum absolute atomic E-state index is 12.4. The zero-order valence-corrected chi connectivity index (χ0v) is 14.2. The first-order chi connectivity index (χ1) is 11.8. The van der Waals surface area contributed by atoms with Gasteiger partial charge in [-0.25, -0.2) is 4.79 Å². The van der Waals surface area contributed by atoms with E-state index in [4.69, 9.17) is 26.8 Å². The number of halogens is 1. The molecule has 0 amide bonds. The van der Waals surface area contributed by atoms with E-state index >= 15 is 0 Å². The molecule has 1 aliphatic heterocycles. The van der Waals surface area contributed by atoms with Crippen molar-refractivity contribution in [1.29, 1.82) is 5.26 Å². The summed E-state index contributed by atoms with van der Waals surface area (Å²) in [5.74, 6) is -1.65. The number of carbonyl (C=O) groups excluding carboxylic acids is 1. The van der Waals surface area contributed by atoms with Gasteiger partial charge in [0.15, 0.2) is 0 Å². The number of allylic oxidation sites excluding steroid dienone is 2. The molecule has 1 aromatic carbocycles. The minimum Gasteiger partial charge on any atom is -0.463 e. The lowest BCUT2D eigenvalue weighted by molar-refractivity contribution is -0.384. The Balaban J connectivity index is 2.69. The van der Waals surface area contributed by atoms with E-state index in [1.165, 1.54) is 25.1 Å². The van der Waals surface area contributed by atoms with Crippen molar-refractivity contribution >= 4 is 23.3 Å². The fraction of sp³-hybridized carbons (Fsp3) is 0.250. The van der Waals surface area contributed by atoms with E-state index < -0.39 is 16.8 Å². The van der Waals surface area contributed by atoms with Gasteiger partial charge in [-0.05, 0) is 25.5 Å². The second kappa shape index (κ2) is 7.23. The molecular weight excluding hydrogens is 350 g/mol. The Bertz CT molecular complexity index is 854. The van der Waals surface area contributed by atoms with Crippen molar-refractivity contribution in [2.75, 3.05) is 6.61 Å². The molecule has 25 heavy (non-hydrogen) atoms. The van der Waals surface area contributed by atoms with E-state index in [1.807, 2.05) is 6.07 Å². The Kier molecular flexibility index (Phi) is 5.29. The molecule has 0 fully saturated rings. The highest BCUT2D eigenvalue weighted by Gasteiger charge is 2.37. The number of esters is 1. The summed E-state index contributed by atoms with van der Waals surface area (Å²) >= 11 is 5.83. The van der Waals surface area contributed by atoms with Gasteiger partial charge in [-0.2, -0.15) is 5.26 Å². The summed E-state index contributed by atoms with van der Waals surface area (Å²) in [6.45, 7) is 3.25. The van der Waals surface area contributed by atoms with Crippen LogP contribution in [0.5, 0.6) is 0 Å². The van der Waals surface area contributed by atoms with Gasteiger partial charge in [0.05, 0.1) is 23.0 Å². The topological polar surface area (TPSA) is 128 Å². The van der Waals surface area contributed by atoms with E-state index in [0.29, 0.717) is 5.56 Å². The van der Waals surface area contributed by atoms with Crippen LogP contribution >= 0.6 is 11.6 Å². The largest absolute Gasteiger partial charge is 0.463 e. The Labute approximate surface area is 148 Å². The van der Waals surface area contributed by atoms with E-state index in [9.17, 15) is 20.2 Å². The highest BCUT2D eigenvalue weighted by atomic mass is 35.5. The van der Waals surface area contributed by atoms with Crippen LogP contribution in [0.1, 0.15) is 25.3 Å². The maximum Gasteiger partial charge on any atom is 0.338 e. The lowest BCUT2D eigenvalue weighted by Gasteiger charge is -2.26. The number of hydrogen-bond acceptors (Lipinski definition) is 7. The highest BCUT2D eigenvalue weighted by molar-refractivity contribution is 6.32. The van der Waals surface area contributed by atoms with Crippen LogP contribution in [0.4, 0.5) is 5.69 Å². The van der Waals surface area contributed by atoms with Crippen molar-refractivity contribution in [2.45, 2.75) is 19.8 Å². The lowest BCUT2D eigenvalue weighted by Crippen LogP contribution is -2.25. The van der Waals surface area contributed by atoms with Crippen LogP contribution in [-0.4, -0.2) is 17.5 Å². The molecule has 1 heterocycles. The second-order valence-corrected chi connectivity index (χ2v) is 5.49. The molecule has 0 aromatic heterocycles. The Hall–Kier alpha value is -3.05. The Morgan fingerprint density at radius 1 is 1.56 bits per heavy atom. The predicted molar refractivity (Wildman–Crippen MR) is 88.1 cm³/mol. The Morgan fingerprint density at radius 3 is 2.80 bits per heavy atom. The third kappa shape index (κ3) is 3.41. The molecule has 2 rings (SSSR count). The fourth-order valence-corrected chi connectivity index (χ4v) is 2.72. The highest BCUT2D eigenvalue weighted by Crippen LogP contribution is 2.41. The molecule has 0 spiro atoms. The molecule has 0 saturated heterocycles. The number of rotatable bonds is 4. The van der Waals surface area contributed by atoms with Gasteiger partial charge in [0, 0.05) is 6.07 Å². The van der Waals surface area contributed by atoms with E-state index in [2.05, 4.69) is 0 Å². The number of nitro benzene ring substituents is 1. The standard InChI is InChI=1S/C16H14ClN3O5/c1-3-24-16(21)13-8(2)25-15(19)10(7-18)14(13)9-4-5-11(17)12(6-9)20(22)23/h4-6,14H,3,19H2,1-2H3/t14-/m0/s1. The van der Waals surface area contributed by atoms with Crippen molar-refractivity contribution < 1.29 is 19.2 Å². The number of nitriles is 1. The quantitative estimate of drug-likeness (QED) is 0.494. The first-order valence-corrected chi connectivity index (χ1v) is 7.58. The van der Waals surface area contributed by atoms with Crippen molar-refractivity contribution in [1.82, 2.24) is 0 Å². The molecule has 9 heteroatoms. The number of benzene rings is 1. The minimum atomic E-state index is -0.950. The molecule has 1 atom stereocenters. The SMILES string of the molecule is CCOC(=O)C1=C(C)OC(N)=C(C#N)[C@@H]1c1ccc(Cl)c([N+](=O)[O-])c1. The van der Waals surface area contributed by atoms with Crippen LogP contribution in [0.3, 0.4) is 0 Å². The summed E-state index contributed by atoms with van der Waals surface area (Å²) < 4.78 is 10.3. The summed E-state index contributed by atoms with van der Waals surface area (Å²) in [6, 6.07) is 5.92. The third-order valence-electron chi connectivity index (χ3n) is 3.60. The molecule has 130 valence electrons. The monoisotopic (exact) mass is 363 g/mol. The Morgan fingerprint density at radius 2 is 2.24 bits per heavy atom. The summed E-state index contributed by atoms with van der Waals surface area (Å²) in [7, 11) is 0. The number of nitrogens with two attached hydrogens (primary N) is 1. The fourth-order valence-electron chi connectivity index (χ4n) is 2.54. The van der Waals surface area contributed by atoms with Gasteiger partial charge >= 0.3 is 5.97 Å². The zero-order valence-electron chi connectivity index (χ0n) is 13.4. The lowest BCUT2D eigenvalue weighted by atomic mass is 9.83. The number of carbonyl (C=O) groups is 1. The van der Waals surface area contributed by atoms with Crippen LogP contribution < -0.4 is 5.73 Å². The summed E-state index contributed by atoms with van der Waals surface area (Å²) in [6.07, 6.45) is 0. The summed E-state index contributed by atoms with van der Waals surface area (Å²) in [4.78, 5) is 22.9. The van der Waals surface area contributed by atoms with Gasteiger partial charge < -0.3 is 15.2 Å². The van der Waals surface area contributed by atoms with Crippen molar-refractivity contribution in [3.8, 4) is 6.07 Å². The molecule has 8 nitrogen and oxygen atoms in total. The molecule has 2 N–H and O–H groups in total. The normalized spacial score (nSPS) is 17.0. The number of ether oxygens (including phenoxy) is 2. The van der Waals surface area contributed by atoms with Crippen LogP contribution in [0.2, 0.25) is 5.02 Å². The van der Waals surface area contributed by atoms with Crippen molar-refractivity contribution in [2.24, 2.45) is 5.73 Å². The van der Waals surface area contributed by atoms with Gasteiger partial charge in [0.2, 0.25) is 5.88 Å². The van der Waals surface area contributed by atoms with Gasteiger partial charge in [-0.1, -0.05) is 17.7 Å². The van der Waals surface area contributed by atoms with Gasteiger partial charge in [0.25, 0.3) is 5.69 Å². The van der Waals surface area contributed by atoms with Gasteiger partial charge in [-0.3, -0.25) is 10.1 Å². The molecule has 0 bridgehead atoms. The average Bonchev–Trinajstić information content (AvgIpc) is 2.54. The van der Waals surface area contributed by atoms with Crippen LogP contribution in [0.15, 0.2) is 41.0 Å². The number of hydrogen-bond donors (Lipinski definition) is 1. The summed E-state index contributed by atoms with van der Waals surface area (Å²) in [5.41, 5.74) is 5.74. The van der Waals surface area contributed by atoms with E-state index in [-0.39, 0.29) is 40.1 Å². The predicted octanol–water partition coefficient (Wildman–Crippen LogP) is 2.89. The molecule has 1 aromatic rings. The molecule has 0 saturated carbocycles. The smallest absolute Gasteiger partial charge is 0.338 e. The molecule has 0 unspecified atom stereocenters. The molecule has 0 radical (unpaired) electrons. The summed E-state index contributed by atoms with van der Waals surface area (Å²) in [5, 5.41) is 20.5. The van der Waals surface area contributed by atoms with Gasteiger partial charge in [0.1, 0.15) is 22.4 Å². The van der Waals surface area contributed by atoms with E-state index in [1.54, 1.807) is 6.92 Å². The van der Waals surface area contributed by atoms with Crippen molar-refractivity contribution in [3.63, 3.8) is 0 Å². The number of nitrogens with zero attached hydrogens (tertiary/aromatic N) is 2. The molecule has 0 aliphatic carbocycles.